The topological polar surface area (TPSA) is 82.3 Å². The highest BCUT2D eigenvalue weighted by Crippen LogP contribution is 2.16. The lowest BCUT2D eigenvalue weighted by Gasteiger charge is -2.13. The molecule has 0 radical (unpaired) electrons. The van der Waals surface area contributed by atoms with E-state index in [1.54, 1.807) is 0 Å². The average molecular weight is 323 g/mol. The maximum absolute atomic E-state index is 12.1. The number of nitrogens with one attached hydrogen (secondary N) is 2. The summed E-state index contributed by atoms with van der Waals surface area (Å²) < 4.78 is 23.8. The second-order valence-corrected chi connectivity index (χ2v) is 7.56. The maximum atomic E-state index is 12.1. The van der Waals surface area contributed by atoms with E-state index in [1.807, 2.05) is 31.2 Å². The lowest BCUT2D eigenvalue weighted by molar-refractivity contribution is 0.0948. The van der Waals surface area contributed by atoms with Crippen molar-refractivity contribution < 1.29 is 13.2 Å². The Labute approximate surface area is 130 Å². The lowest BCUT2D eigenvalue weighted by Crippen LogP contribution is -2.31. The Morgan fingerprint density at radius 2 is 2.05 bits per heavy atom. The highest BCUT2D eigenvalue weighted by molar-refractivity contribution is 7.88. The molecule has 2 aromatic rings. The number of benzene rings is 1. The normalized spacial score (nSPS) is 12.0. The van der Waals surface area contributed by atoms with Gasteiger partial charge in [-0.3, -0.25) is 4.79 Å². The second kappa shape index (κ2) is 6.50. The molecule has 1 amide bonds. The summed E-state index contributed by atoms with van der Waals surface area (Å²) in [6, 6.07) is 7.77. The van der Waals surface area contributed by atoms with Gasteiger partial charge in [-0.1, -0.05) is 11.6 Å². The molecule has 0 aliphatic rings. The molecule has 0 aliphatic heterocycles. The van der Waals surface area contributed by atoms with Crippen LogP contribution < -0.4 is 5.32 Å². The van der Waals surface area contributed by atoms with E-state index in [0.717, 1.165) is 22.7 Å². The first-order valence-corrected chi connectivity index (χ1v) is 8.91. The molecular weight excluding hydrogens is 302 g/mol. The van der Waals surface area contributed by atoms with E-state index < -0.39 is 10.0 Å². The van der Waals surface area contributed by atoms with E-state index in [4.69, 9.17) is 0 Å². The van der Waals surface area contributed by atoms with Gasteiger partial charge in [0.1, 0.15) is 5.69 Å². The number of aromatic amines is 1. The molecule has 7 heteroatoms. The van der Waals surface area contributed by atoms with Crippen LogP contribution in [0, 0.1) is 6.92 Å². The van der Waals surface area contributed by atoms with Crippen molar-refractivity contribution in [3.05, 3.63) is 35.5 Å². The van der Waals surface area contributed by atoms with Crippen LogP contribution in [0.1, 0.15) is 22.5 Å². The molecule has 0 saturated heterocycles. The Kier molecular flexibility index (Phi) is 4.87. The third-order valence-corrected chi connectivity index (χ3v) is 4.84. The number of carbonyl (C=O) groups is 1. The fourth-order valence-electron chi connectivity index (χ4n) is 2.14. The SMILES string of the molecule is Cc1ccc2[nH]c(C(=O)NCCCN(C)S(C)(=O)=O)cc2c1. The third-order valence-electron chi connectivity index (χ3n) is 3.52. The minimum Gasteiger partial charge on any atom is -0.351 e. The number of H-pyrrole nitrogens is 1. The number of carbonyl (C=O) groups excluding carboxylic acids is 1. The Balaban J connectivity index is 1.89. The van der Waals surface area contributed by atoms with Gasteiger partial charge in [0, 0.05) is 31.0 Å². The molecule has 2 N–H and O–H groups in total. The summed E-state index contributed by atoms with van der Waals surface area (Å²) in [5.74, 6) is -0.184. The third kappa shape index (κ3) is 4.08. The van der Waals surface area contributed by atoms with Crippen molar-refractivity contribution >= 4 is 26.8 Å². The van der Waals surface area contributed by atoms with Crippen molar-refractivity contribution in [3.63, 3.8) is 0 Å². The van der Waals surface area contributed by atoms with E-state index in [9.17, 15) is 13.2 Å². The van der Waals surface area contributed by atoms with Gasteiger partial charge in [0.05, 0.1) is 6.26 Å². The van der Waals surface area contributed by atoms with E-state index in [2.05, 4.69) is 10.3 Å². The van der Waals surface area contributed by atoms with E-state index in [1.165, 1.54) is 11.4 Å². The van der Waals surface area contributed by atoms with Crippen LogP contribution >= 0.6 is 0 Å². The number of aryl methyl sites for hydroxylation is 1. The quantitative estimate of drug-likeness (QED) is 0.790. The second-order valence-electron chi connectivity index (χ2n) is 5.47. The molecule has 22 heavy (non-hydrogen) atoms. The molecule has 0 atom stereocenters. The van der Waals surface area contributed by atoms with Gasteiger partial charge in [-0.15, -0.1) is 0 Å². The Bertz CT molecular complexity index is 780. The van der Waals surface area contributed by atoms with Crippen LogP contribution in [0.4, 0.5) is 0 Å². The van der Waals surface area contributed by atoms with Gasteiger partial charge in [0.15, 0.2) is 0 Å². The molecule has 0 fully saturated rings. The smallest absolute Gasteiger partial charge is 0.267 e. The van der Waals surface area contributed by atoms with Crippen molar-refractivity contribution in [2.24, 2.45) is 0 Å². The molecule has 120 valence electrons. The Morgan fingerprint density at radius 3 is 2.73 bits per heavy atom. The first kappa shape index (κ1) is 16.5. The van der Waals surface area contributed by atoms with Gasteiger partial charge in [0.25, 0.3) is 5.91 Å². The zero-order chi connectivity index (χ0) is 16.3. The zero-order valence-corrected chi connectivity index (χ0v) is 13.8. The number of aromatic nitrogens is 1. The van der Waals surface area contributed by atoms with Gasteiger partial charge in [-0.25, -0.2) is 12.7 Å². The molecule has 6 nitrogen and oxygen atoms in total. The zero-order valence-electron chi connectivity index (χ0n) is 13.0. The standard InChI is InChI=1S/C15H21N3O3S/c1-11-5-6-13-12(9-11)10-14(17-13)15(19)16-7-4-8-18(2)22(3,20)21/h5-6,9-10,17H,4,7-8H2,1-3H3,(H,16,19). The first-order valence-electron chi connectivity index (χ1n) is 7.06. The van der Waals surface area contributed by atoms with Gasteiger partial charge >= 0.3 is 0 Å². The minimum atomic E-state index is -3.16. The van der Waals surface area contributed by atoms with Crippen LogP contribution in [-0.2, 0) is 10.0 Å². The molecule has 0 saturated carbocycles. The van der Waals surface area contributed by atoms with E-state index in [0.29, 0.717) is 25.2 Å². The molecule has 1 aromatic heterocycles. The fraction of sp³-hybridized carbons (Fsp3) is 0.400. The number of hydrogen-bond donors (Lipinski definition) is 2. The van der Waals surface area contributed by atoms with Crippen LogP contribution in [0.2, 0.25) is 0 Å². The molecule has 1 aromatic carbocycles. The minimum absolute atomic E-state index is 0.184. The van der Waals surface area contributed by atoms with Crippen molar-refractivity contribution in [1.29, 1.82) is 0 Å². The predicted molar refractivity (Wildman–Crippen MR) is 87.5 cm³/mol. The molecule has 0 aliphatic carbocycles. The highest BCUT2D eigenvalue weighted by atomic mass is 32.2. The molecule has 0 spiro atoms. The summed E-state index contributed by atoms with van der Waals surface area (Å²) >= 11 is 0. The molecule has 2 rings (SSSR count). The summed E-state index contributed by atoms with van der Waals surface area (Å²) in [4.78, 5) is 15.1. The number of sulfonamides is 1. The monoisotopic (exact) mass is 323 g/mol. The van der Waals surface area contributed by atoms with E-state index in [-0.39, 0.29) is 5.91 Å². The summed E-state index contributed by atoms with van der Waals surface area (Å²) in [6.45, 7) is 2.81. The predicted octanol–water partition coefficient (Wildman–Crippen LogP) is 1.49. The molecular formula is C15H21N3O3S. The number of hydrogen-bond acceptors (Lipinski definition) is 3. The Hall–Kier alpha value is -1.86. The van der Waals surface area contributed by atoms with Crippen molar-refractivity contribution in [1.82, 2.24) is 14.6 Å². The van der Waals surface area contributed by atoms with Gasteiger partial charge in [-0.05, 0) is 31.5 Å². The fourth-order valence-corrected chi connectivity index (χ4v) is 2.60. The van der Waals surface area contributed by atoms with E-state index >= 15 is 0 Å². The average Bonchev–Trinajstić information content (AvgIpc) is 2.85. The number of amides is 1. The summed E-state index contributed by atoms with van der Waals surface area (Å²) in [5.41, 5.74) is 2.58. The van der Waals surface area contributed by atoms with Crippen molar-refractivity contribution in [2.75, 3.05) is 26.4 Å². The Morgan fingerprint density at radius 1 is 1.32 bits per heavy atom. The highest BCUT2D eigenvalue weighted by Gasteiger charge is 2.11. The number of fused-ring (bicyclic) bond motifs is 1. The first-order chi connectivity index (χ1) is 10.3. The van der Waals surface area contributed by atoms with Crippen molar-refractivity contribution in [2.45, 2.75) is 13.3 Å². The van der Waals surface area contributed by atoms with Crippen molar-refractivity contribution in [3.8, 4) is 0 Å². The van der Waals surface area contributed by atoms with Crippen LogP contribution in [0.5, 0.6) is 0 Å². The van der Waals surface area contributed by atoms with Crippen LogP contribution in [0.3, 0.4) is 0 Å². The van der Waals surface area contributed by atoms with Gasteiger partial charge in [-0.2, -0.15) is 0 Å². The summed E-state index contributed by atoms with van der Waals surface area (Å²) in [7, 11) is -1.64. The number of nitrogens with zero attached hydrogens (tertiary/aromatic N) is 1. The van der Waals surface area contributed by atoms with Crippen LogP contribution in [0.15, 0.2) is 24.3 Å². The summed E-state index contributed by atoms with van der Waals surface area (Å²) in [6.07, 6.45) is 1.73. The van der Waals surface area contributed by atoms with Gasteiger partial charge < -0.3 is 10.3 Å². The molecule has 1 heterocycles. The molecule has 0 bridgehead atoms. The van der Waals surface area contributed by atoms with Crippen LogP contribution in [-0.4, -0.2) is 50.0 Å². The molecule has 0 unspecified atom stereocenters. The van der Waals surface area contributed by atoms with Gasteiger partial charge in [0.2, 0.25) is 10.0 Å². The maximum Gasteiger partial charge on any atom is 0.267 e. The largest absolute Gasteiger partial charge is 0.351 e. The summed E-state index contributed by atoms with van der Waals surface area (Å²) in [5, 5.41) is 3.79. The van der Waals surface area contributed by atoms with Crippen LogP contribution in [0.25, 0.3) is 10.9 Å². The lowest BCUT2D eigenvalue weighted by atomic mass is 10.2. The number of rotatable bonds is 6.